The fourth-order valence-corrected chi connectivity index (χ4v) is 2.32. The summed E-state index contributed by atoms with van der Waals surface area (Å²) < 4.78 is 5.02. The second-order valence-corrected chi connectivity index (χ2v) is 4.95. The lowest BCUT2D eigenvalue weighted by atomic mass is 10.1. The monoisotopic (exact) mass is 314 g/mol. The van der Waals surface area contributed by atoms with Crippen molar-refractivity contribution in [1.29, 1.82) is 0 Å². The molecule has 0 fully saturated rings. The molecule has 3 aromatic rings. The van der Waals surface area contributed by atoms with Crippen LogP contribution in [0.4, 0.5) is 0 Å². The standard InChI is InChI=1S/C16H11ClN2O3/c17-15-11(5-3-7-18-15)16(21)22-9-14(20)12-8-19-13-6-2-1-4-10(12)13/h1-8,19H,9H2. The second kappa shape index (κ2) is 5.99. The van der Waals surface area contributed by atoms with Gasteiger partial charge in [0.2, 0.25) is 5.78 Å². The molecule has 5 nitrogen and oxygen atoms in total. The fraction of sp³-hybridized carbons (Fsp3) is 0.0625. The third-order valence-electron chi connectivity index (χ3n) is 3.20. The summed E-state index contributed by atoms with van der Waals surface area (Å²) in [5.74, 6) is -0.961. The number of ketones is 1. The van der Waals surface area contributed by atoms with Gasteiger partial charge in [0.05, 0.1) is 5.56 Å². The summed E-state index contributed by atoms with van der Waals surface area (Å²) in [6, 6.07) is 10.5. The molecule has 0 aliphatic rings. The molecule has 22 heavy (non-hydrogen) atoms. The fourth-order valence-electron chi connectivity index (χ4n) is 2.13. The van der Waals surface area contributed by atoms with Gasteiger partial charge >= 0.3 is 5.97 Å². The average Bonchev–Trinajstić information content (AvgIpc) is 2.97. The van der Waals surface area contributed by atoms with Gasteiger partial charge < -0.3 is 9.72 Å². The van der Waals surface area contributed by atoms with Crippen molar-refractivity contribution in [2.45, 2.75) is 0 Å². The van der Waals surface area contributed by atoms with Crippen LogP contribution in [-0.2, 0) is 4.74 Å². The molecule has 0 radical (unpaired) electrons. The van der Waals surface area contributed by atoms with Crippen LogP contribution in [0, 0.1) is 0 Å². The van der Waals surface area contributed by atoms with Gasteiger partial charge in [0.25, 0.3) is 0 Å². The van der Waals surface area contributed by atoms with Crippen molar-refractivity contribution >= 4 is 34.3 Å². The van der Waals surface area contributed by atoms with Gasteiger partial charge in [-0.05, 0) is 18.2 Å². The molecule has 0 aliphatic carbocycles. The molecule has 0 unspecified atom stereocenters. The van der Waals surface area contributed by atoms with Crippen LogP contribution in [0.25, 0.3) is 10.9 Å². The van der Waals surface area contributed by atoms with E-state index in [4.69, 9.17) is 16.3 Å². The molecule has 0 aliphatic heterocycles. The summed E-state index contributed by atoms with van der Waals surface area (Å²) in [7, 11) is 0. The highest BCUT2D eigenvalue weighted by Gasteiger charge is 2.17. The molecule has 0 saturated heterocycles. The van der Waals surface area contributed by atoms with Gasteiger partial charge in [-0.2, -0.15) is 0 Å². The first-order valence-electron chi connectivity index (χ1n) is 6.54. The predicted octanol–water partition coefficient (Wildman–Crippen LogP) is 3.26. The number of nitrogens with zero attached hydrogens (tertiary/aromatic N) is 1. The highest BCUT2D eigenvalue weighted by Crippen LogP contribution is 2.18. The van der Waals surface area contributed by atoms with Crippen LogP contribution in [0.3, 0.4) is 0 Å². The highest BCUT2D eigenvalue weighted by atomic mass is 35.5. The Morgan fingerprint density at radius 1 is 1.14 bits per heavy atom. The van der Waals surface area contributed by atoms with Crippen molar-refractivity contribution < 1.29 is 14.3 Å². The molecule has 1 aromatic carbocycles. The van der Waals surface area contributed by atoms with Gasteiger partial charge in [-0.3, -0.25) is 4.79 Å². The van der Waals surface area contributed by atoms with Gasteiger partial charge in [0, 0.05) is 28.9 Å². The summed E-state index contributed by atoms with van der Waals surface area (Å²) in [6.07, 6.45) is 3.08. The third kappa shape index (κ3) is 2.71. The number of H-pyrrole nitrogens is 1. The lowest BCUT2D eigenvalue weighted by molar-refractivity contribution is 0.0475. The van der Waals surface area contributed by atoms with Crippen molar-refractivity contribution in [3.63, 3.8) is 0 Å². The van der Waals surface area contributed by atoms with Crippen molar-refractivity contribution in [3.8, 4) is 0 Å². The summed E-state index contributed by atoms with van der Waals surface area (Å²) >= 11 is 5.81. The molecule has 0 amide bonds. The average molecular weight is 315 g/mol. The Bertz CT molecular complexity index is 857. The van der Waals surface area contributed by atoms with Gasteiger partial charge in [0.15, 0.2) is 6.61 Å². The van der Waals surface area contributed by atoms with Crippen molar-refractivity contribution in [3.05, 3.63) is 65.1 Å². The quantitative estimate of drug-likeness (QED) is 0.456. The van der Waals surface area contributed by atoms with E-state index in [1.807, 2.05) is 24.3 Å². The predicted molar refractivity (Wildman–Crippen MR) is 82.2 cm³/mol. The zero-order valence-electron chi connectivity index (χ0n) is 11.4. The molecule has 0 bridgehead atoms. The minimum atomic E-state index is -0.675. The van der Waals surface area contributed by atoms with Crippen LogP contribution in [0.1, 0.15) is 20.7 Å². The zero-order chi connectivity index (χ0) is 15.5. The molecule has 2 aromatic heterocycles. The first-order valence-corrected chi connectivity index (χ1v) is 6.91. The number of para-hydroxylation sites is 1. The largest absolute Gasteiger partial charge is 0.454 e. The Morgan fingerprint density at radius 3 is 2.77 bits per heavy atom. The number of hydrogen-bond acceptors (Lipinski definition) is 4. The van der Waals surface area contributed by atoms with E-state index in [0.29, 0.717) is 5.56 Å². The lowest BCUT2D eigenvalue weighted by Gasteiger charge is -2.04. The number of halogens is 1. The van der Waals surface area contributed by atoms with Gasteiger partial charge in [-0.25, -0.2) is 9.78 Å². The van der Waals surface area contributed by atoms with Gasteiger partial charge in [-0.1, -0.05) is 29.8 Å². The normalized spacial score (nSPS) is 10.6. The van der Waals surface area contributed by atoms with E-state index >= 15 is 0 Å². The van der Waals surface area contributed by atoms with E-state index in [-0.39, 0.29) is 23.1 Å². The van der Waals surface area contributed by atoms with Crippen molar-refractivity contribution in [2.75, 3.05) is 6.61 Å². The Hall–Kier alpha value is -2.66. The van der Waals surface area contributed by atoms with Crippen LogP contribution >= 0.6 is 11.6 Å². The number of fused-ring (bicyclic) bond motifs is 1. The van der Waals surface area contributed by atoms with Crippen molar-refractivity contribution in [1.82, 2.24) is 9.97 Å². The van der Waals surface area contributed by atoms with E-state index in [0.717, 1.165) is 10.9 Å². The summed E-state index contributed by atoms with van der Waals surface area (Å²) in [5.41, 5.74) is 1.48. The maximum Gasteiger partial charge on any atom is 0.341 e. The maximum atomic E-state index is 12.2. The van der Waals surface area contributed by atoms with E-state index in [2.05, 4.69) is 9.97 Å². The number of ether oxygens (including phenoxy) is 1. The molecule has 0 atom stereocenters. The summed E-state index contributed by atoms with van der Waals surface area (Å²) in [4.78, 5) is 30.9. The number of benzene rings is 1. The Balaban J connectivity index is 1.73. The summed E-state index contributed by atoms with van der Waals surface area (Å²) in [5, 5.41) is 0.843. The molecule has 0 spiro atoms. The third-order valence-corrected chi connectivity index (χ3v) is 3.50. The Kier molecular flexibility index (Phi) is 3.89. The number of aromatic nitrogens is 2. The molecular weight excluding hydrogens is 304 g/mol. The number of pyridine rings is 1. The van der Waals surface area contributed by atoms with Crippen LogP contribution < -0.4 is 0 Å². The van der Waals surface area contributed by atoms with Gasteiger partial charge in [0.1, 0.15) is 5.15 Å². The SMILES string of the molecule is O=C(OCC(=O)c1c[nH]c2ccccc12)c1cccnc1Cl. The molecule has 0 saturated carbocycles. The number of carbonyl (C=O) groups excluding carboxylic acids is 2. The number of carbonyl (C=O) groups is 2. The molecule has 110 valence electrons. The minimum absolute atomic E-state index is 0.0482. The van der Waals surface area contributed by atoms with Gasteiger partial charge in [-0.15, -0.1) is 0 Å². The van der Waals surface area contributed by atoms with E-state index in [1.165, 1.54) is 12.3 Å². The first kappa shape index (κ1) is 14.3. The van der Waals surface area contributed by atoms with E-state index < -0.39 is 5.97 Å². The minimum Gasteiger partial charge on any atom is -0.454 e. The van der Waals surface area contributed by atoms with Crippen LogP contribution in [0.2, 0.25) is 5.15 Å². The Labute approximate surface area is 130 Å². The number of esters is 1. The molecule has 1 N–H and O–H groups in total. The topological polar surface area (TPSA) is 72.1 Å². The summed E-state index contributed by atoms with van der Waals surface area (Å²) in [6.45, 7) is -0.355. The number of Topliss-reactive ketones (excluding diaryl/α,β-unsaturated/α-hetero) is 1. The first-order chi connectivity index (χ1) is 10.7. The lowest BCUT2D eigenvalue weighted by Crippen LogP contribution is -2.14. The van der Waals surface area contributed by atoms with E-state index in [1.54, 1.807) is 12.3 Å². The maximum absolute atomic E-state index is 12.2. The number of rotatable bonds is 4. The number of aromatic amines is 1. The second-order valence-electron chi connectivity index (χ2n) is 4.59. The zero-order valence-corrected chi connectivity index (χ0v) is 12.1. The van der Waals surface area contributed by atoms with Crippen LogP contribution in [0.15, 0.2) is 48.8 Å². The molecule has 3 rings (SSSR count). The van der Waals surface area contributed by atoms with Crippen LogP contribution in [-0.4, -0.2) is 28.3 Å². The number of hydrogen-bond donors (Lipinski definition) is 1. The van der Waals surface area contributed by atoms with Crippen LogP contribution in [0.5, 0.6) is 0 Å². The Morgan fingerprint density at radius 2 is 1.95 bits per heavy atom. The highest BCUT2D eigenvalue weighted by molar-refractivity contribution is 6.32. The molecule has 6 heteroatoms. The molecule has 2 heterocycles. The van der Waals surface area contributed by atoms with Crippen molar-refractivity contribution in [2.24, 2.45) is 0 Å². The smallest absolute Gasteiger partial charge is 0.341 e. The van der Waals surface area contributed by atoms with E-state index in [9.17, 15) is 9.59 Å². The molecular formula is C16H11ClN2O3. The number of nitrogens with one attached hydrogen (secondary N) is 1.